The molecule has 1 heterocycles. The number of fused-ring (bicyclic) bond motifs is 1. The molecule has 1 atom stereocenters. The van der Waals surface area contributed by atoms with Crippen LogP contribution >= 0.6 is 11.6 Å². The lowest BCUT2D eigenvalue weighted by atomic mass is 10.1. The molecule has 84 valence electrons. The first-order chi connectivity index (χ1) is 7.74. The highest BCUT2D eigenvalue weighted by atomic mass is 35.5. The molecule has 0 spiro atoms. The predicted octanol–water partition coefficient (Wildman–Crippen LogP) is 3.13. The molecule has 3 rings (SSSR count). The van der Waals surface area contributed by atoms with E-state index in [0.717, 1.165) is 28.5 Å². The fourth-order valence-electron chi connectivity index (χ4n) is 2.17. The van der Waals surface area contributed by atoms with Gasteiger partial charge in [0.05, 0.1) is 5.52 Å². The van der Waals surface area contributed by atoms with Crippen molar-refractivity contribution in [3.63, 3.8) is 0 Å². The molecule has 4 heteroatoms. The van der Waals surface area contributed by atoms with E-state index in [2.05, 4.69) is 17.2 Å². The van der Waals surface area contributed by atoms with Gasteiger partial charge in [0, 0.05) is 11.6 Å². The highest BCUT2D eigenvalue weighted by molar-refractivity contribution is 6.31. The Kier molecular flexibility index (Phi) is 2.36. The van der Waals surface area contributed by atoms with Crippen LogP contribution in [0.4, 0.5) is 0 Å². The predicted molar refractivity (Wildman–Crippen MR) is 64.4 cm³/mol. The maximum Gasteiger partial charge on any atom is 0.114 e. The number of hydrogen-bond donors (Lipinski definition) is 0. The highest BCUT2D eigenvalue weighted by Crippen LogP contribution is 2.37. The smallest absolute Gasteiger partial charge is 0.114 e. The van der Waals surface area contributed by atoms with Crippen LogP contribution in [-0.4, -0.2) is 15.0 Å². The lowest BCUT2D eigenvalue weighted by Gasteiger charge is -2.09. The molecule has 1 aliphatic rings. The van der Waals surface area contributed by atoms with Crippen LogP contribution in [0.5, 0.6) is 0 Å². The van der Waals surface area contributed by atoms with Crippen molar-refractivity contribution in [3.05, 3.63) is 23.2 Å². The van der Waals surface area contributed by atoms with E-state index in [4.69, 9.17) is 11.6 Å². The SMILES string of the molecule is CC(Cn1nnc2cc(Cl)ccc21)C1CC1. The number of benzene rings is 1. The summed E-state index contributed by atoms with van der Waals surface area (Å²) in [6, 6.07) is 5.75. The van der Waals surface area contributed by atoms with Crippen LogP contribution in [0.15, 0.2) is 18.2 Å². The minimum absolute atomic E-state index is 0.695. The van der Waals surface area contributed by atoms with Gasteiger partial charge in [0.2, 0.25) is 0 Å². The number of rotatable bonds is 3. The van der Waals surface area contributed by atoms with Crippen LogP contribution in [0.1, 0.15) is 19.8 Å². The number of halogens is 1. The molecular formula is C12H14ClN3. The summed E-state index contributed by atoms with van der Waals surface area (Å²) < 4.78 is 1.99. The van der Waals surface area contributed by atoms with Gasteiger partial charge in [-0.25, -0.2) is 4.68 Å². The summed E-state index contributed by atoms with van der Waals surface area (Å²) >= 11 is 5.92. The molecule has 1 fully saturated rings. The van der Waals surface area contributed by atoms with E-state index in [9.17, 15) is 0 Å². The first kappa shape index (κ1) is 10.1. The summed E-state index contributed by atoms with van der Waals surface area (Å²) in [6.45, 7) is 3.25. The van der Waals surface area contributed by atoms with Gasteiger partial charge in [-0.1, -0.05) is 23.7 Å². The molecule has 1 unspecified atom stereocenters. The van der Waals surface area contributed by atoms with Gasteiger partial charge in [0.25, 0.3) is 0 Å². The zero-order valence-corrected chi connectivity index (χ0v) is 9.98. The summed E-state index contributed by atoms with van der Waals surface area (Å²) in [7, 11) is 0. The lowest BCUT2D eigenvalue weighted by molar-refractivity contribution is 0.407. The van der Waals surface area contributed by atoms with E-state index >= 15 is 0 Å². The molecule has 3 nitrogen and oxygen atoms in total. The molecule has 16 heavy (non-hydrogen) atoms. The Labute approximate surface area is 99.4 Å². The van der Waals surface area contributed by atoms with Gasteiger partial charge < -0.3 is 0 Å². The van der Waals surface area contributed by atoms with Crippen molar-refractivity contribution in [1.29, 1.82) is 0 Å². The van der Waals surface area contributed by atoms with Crippen LogP contribution in [0.2, 0.25) is 5.02 Å². The third-order valence-electron chi connectivity index (χ3n) is 3.36. The molecule has 1 aromatic heterocycles. The maximum absolute atomic E-state index is 5.92. The Morgan fingerprint density at radius 1 is 1.50 bits per heavy atom. The van der Waals surface area contributed by atoms with Gasteiger partial charge in [-0.3, -0.25) is 0 Å². The van der Waals surface area contributed by atoms with Crippen molar-refractivity contribution in [2.24, 2.45) is 11.8 Å². The molecule has 0 amide bonds. The van der Waals surface area contributed by atoms with Crippen LogP contribution in [0, 0.1) is 11.8 Å². The third-order valence-corrected chi connectivity index (χ3v) is 3.60. The maximum atomic E-state index is 5.92. The van der Waals surface area contributed by atoms with E-state index < -0.39 is 0 Å². The minimum Gasteiger partial charge on any atom is -0.244 e. The van der Waals surface area contributed by atoms with Gasteiger partial charge >= 0.3 is 0 Å². The molecule has 2 aromatic rings. The summed E-state index contributed by atoms with van der Waals surface area (Å²) in [6.07, 6.45) is 2.75. The quantitative estimate of drug-likeness (QED) is 0.818. The summed E-state index contributed by atoms with van der Waals surface area (Å²) in [5.74, 6) is 1.59. The van der Waals surface area contributed by atoms with Crippen molar-refractivity contribution in [2.45, 2.75) is 26.3 Å². The average Bonchev–Trinajstić information content (AvgIpc) is 3.03. The van der Waals surface area contributed by atoms with Crippen molar-refractivity contribution in [1.82, 2.24) is 15.0 Å². The molecule has 1 saturated carbocycles. The Morgan fingerprint density at radius 3 is 3.06 bits per heavy atom. The van der Waals surface area contributed by atoms with E-state index in [-0.39, 0.29) is 0 Å². The molecule has 0 saturated heterocycles. The fourth-order valence-corrected chi connectivity index (χ4v) is 2.33. The number of nitrogens with zero attached hydrogens (tertiary/aromatic N) is 3. The first-order valence-corrected chi connectivity index (χ1v) is 6.10. The molecule has 0 radical (unpaired) electrons. The van der Waals surface area contributed by atoms with E-state index in [1.165, 1.54) is 12.8 Å². The van der Waals surface area contributed by atoms with Gasteiger partial charge in [-0.2, -0.15) is 0 Å². The average molecular weight is 236 g/mol. The molecule has 0 N–H and O–H groups in total. The van der Waals surface area contributed by atoms with Crippen molar-refractivity contribution >= 4 is 22.6 Å². The zero-order chi connectivity index (χ0) is 11.1. The normalized spacial score (nSPS) is 17.9. The van der Waals surface area contributed by atoms with E-state index in [0.29, 0.717) is 5.92 Å². The van der Waals surface area contributed by atoms with Gasteiger partial charge in [0.1, 0.15) is 5.52 Å². The van der Waals surface area contributed by atoms with Gasteiger partial charge in [0.15, 0.2) is 0 Å². The monoisotopic (exact) mass is 235 g/mol. The summed E-state index contributed by atoms with van der Waals surface area (Å²) in [5.41, 5.74) is 1.97. The van der Waals surface area contributed by atoms with Crippen LogP contribution < -0.4 is 0 Å². The van der Waals surface area contributed by atoms with Crippen LogP contribution in [0.25, 0.3) is 11.0 Å². The van der Waals surface area contributed by atoms with Crippen LogP contribution in [0.3, 0.4) is 0 Å². The second-order valence-corrected chi connectivity index (χ2v) is 5.16. The standard InChI is InChI=1S/C12H14ClN3/c1-8(9-2-3-9)7-16-12-5-4-10(13)6-11(12)14-15-16/h4-6,8-9H,2-3,7H2,1H3. The Morgan fingerprint density at radius 2 is 2.31 bits per heavy atom. The first-order valence-electron chi connectivity index (χ1n) is 5.73. The molecular weight excluding hydrogens is 222 g/mol. The summed E-state index contributed by atoms with van der Waals surface area (Å²) in [5, 5.41) is 9.05. The molecule has 0 bridgehead atoms. The van der Waals surface area contributed by atoms with Gasteiger partial charge in [-0.05, 0) is 42.9 Å². The largest absolute Gasteiger partial charge is 0.244 e. The second-order valence-electron chi connectivity index (χ2n) is 4.72. The van der Waals surface area contributed by atoms with Gasteiger partial charge in [-0.15, -0.1) is 5.10 Å². The number of hydrogen-bond acceptors (Lipinski definition) is 2. The molecule has 0 aliphatic heterocycles. The Balaban J connectivity index is 1.91. The highest BCUT2D eigenvalue weighted by Gasteiger charge is 2.28. The number of aromatic nitrogens is 3. The Bertz CT molecular complexity index is 516. The topological polar surface area (TPSA) is 30.7 Å². The Hall–Kier alpha value is -1.09. The van der Waals surface area contributed by atoms with E-state index in [1.54, 1.807) is 0 Å². The fraction of sp³-hybridized carbons (Fsp3) is 0.500. The second kappa shape index (κ2) is 3.74. The lowest BCUT2D eigenvalue weighted by Crippen LogP contribution is -2.10. The summed E-state index contributed by atoms with van der Waals surface area (Å²) in [4.78, 5) is 0. The molecule has 1 aromatic carbocycles. The molecule has 1 aliphatic carbocycles. The van der Waals surface area contributed by atoms with Crippen molar-refractivity contribution < 1.29 is 0 Å². The van der Waals surface area contributed by atoms with E-state index in [1.807, 2.05) is 22.9 Å². The van der Waals surface area contributed by atoms with Crippen LogP contribution in [-0.2, 0) is 6.54 Å². The minimum atomic E-state index is 0.695. The van der Waals surface area contributed by atoms with Crippen molar-refractivity contribution in [3.8, 4) is 0 Å². The van der Waals surface area contributed by atoms with Crippen molar-refractivity contribution in [2.75, 3.05) is 0 Å². The third kappa shape index (κ3) is 1.80. The zero-order valence-electron chi connectivity index (χ0n) is 9.23.